The number of alkyl halides is 1. The summed E-state index contributed by atoms with van der Waals surface area (Å²) >= 11 is 0. The quantitative estimate of drug-likeness (QED) is 0.486. The summed E-state index contributed by atoms with van der Waals surface area (Å²) in [5.41, 5.74) is 0. The molecule has 0 aliphatic rings. The molecular weight excluding hydrogens is 102 g/mol. The summed E-state index contributed by atoms with van der Waals surface area (Å²) in [7, 11) is 0. The van der Waals surface area contributed by atoms with Crippen molar-refractivity contribution in [1.29, 1.82) is 0 Å². The summed E-state index contributed by atoms with van der Waals surface area (Å²) < 4.78 is 22.6. The zero-order valence-electron chi connectivity index (χ0n) is 3.95. The van der Waals surface area contributed by atoms with Crippen LogP contribution in [0.25, 0.3) is 0 Å². The summed E-state index contributed by atoms with van der Waals surface area (Å²) in [6.45, 7) is 1.40. The molecular formula is C4H6F2O. The minimum Gasteiger partial charge on any atom is -0.258 e. The smallest absolute Gasteiger partial charge is 0.258 e. The van der Waals surface area contributed by atoms with Gasteiger partial charge < -0.3 is 0 Å². The normalized spacial score (nSPS) is 13.6. The fourth-order valence-electron chi connectivity index (χ4n) is 0.160. The fourth-order valence-corrected chi connectivity index (χ4v) is 0.160. The van der Waals surface area contributed by atoms with Gasteiger partial charge in [-0.15, -0.1) is 0 Å². The molecule has 0 aromatic rings. The lowest BCUT2D eigenvalue weighted by atomic mass is 10.3. The molecule has 42 valence electrons. The predicted octanol–water partition coefficient (Wildman–Crippen LogP) is 1.23. The van der Waals surface area contributed by atoms with Crippen molar-refractivity contribution in [2.75, 3.05) is 0 Å². The van der Waals surface area contributed by atoms with Crippen LogP contribution in [0.3, 0.4) is 0 Å². The van der Waals surface area contributed by atoms with Gasteiger partial charge in [0, 0.05) is 0 Å². The van der Waals surface area contributed by atoms with Crippen molar-refractivity contribution in [3.63, 3.8) is 0 Å². The minimum absolute atomic E-state index is 0.0741. The topological polar surface area (TPSA) is 17.1 Å². The molecule has 0 aliphatic heterocycles. The number of carbonyl (C=O) groups excluding carboxylic acids is 1. The first-order chi connectivity index (χ1) is 3.18. The summed E-state index contributed by atoms with van der Waals surface area (Å²) in [4.78, 5) is 9.33. The molecule has 0 heterocycles. The highest BCUT2D eigenvalue weighted by Crippen LogP contribution is 1.97. The third kappa shape index (κ3) is 2.25. The van der Waals surface area contributed by atoms with Crippen molar-refractivity contribution >= 4 is 6.04 Å². The van der Waals surface area contributed by atoms with E-state index in [2.05, 4.69) is 0 Å². The van der Waals surface area contributed by atoms with Crippen LogP contribution in [0.2, 0.25) is 0 Å². The molecule has 1 atom stereocenters. The molecule has 0 amide bonds. The zero-order valence-corrected chi connectivity index (χ0v) is 3.95. The molecule has 0 saturated carbocycles. The minimum atomic E-state index is -1.90. The van der Waals surface area contributed by atoms with Gasteiger partial charge in [0.15, 0.2) is 6.17 Å². The lowest BCUT2D eigenvalue weighted by Gasteiger charge is -1.90. The van der Waals surface area contributed by atoms with Gasteiger partial charge in [0.1, 0.15) is 0 Å². The van der Waals surface area contributed by atoms with Crippen LogP contribution >= 0.6 is 0 Å². The Morgan fingerprint density at radius 1 is 1.86 bits per heavy atom. The molecule has 0 aromatic heterocycles. The Kier molecular flexibility index (Phi) is 2.48. The number of carbonyl (C=O) groups is 1. The molecule has 0 saturated heterocycles. The van der Waals surface area contributed by atoms with Gasteiger partial charge in [-0.2, -0.15) is 4.39 Å². The second-order valence-electron chi connectivity index (χ2n) is 1.18. The van der Waals surface area contributed by atoms with Crippen LogP contribution in [0.5, 0.6) is 0 Å². The maximum atomic E-state index is 11.5. The second kappa shape index (κ2) is 2.66. The van der Waals surface area contributed by atoms with Gasteiger partial charge in [-0.05, 0) is 6.42 Å². The number of halogens is 2. The van der Waals surface area contributed by atoms with E-state index in [-0.39, 0.29) is 6.42 Å². The van der Waals surface area contributed by atoms with Gasteiger partial charge in [0.25, 0.3) is 0 Å². The van der Waals surface area contributed by atoms with Crippen LogP contribution in [-0.2, 0) is 4.79 Å². The van der Waals surface area contributed by atoms with Crippen molar-refractivity contribution in [2.24, 2.45) is 0 Å². The Hall–Kier alpha value is -0.470. The van der Waals surface area contributed by atoms with Crippen molar-refractivity contribution in [2.45, 2.75) is 19.5 Å². The van der Waals surface area contributed by atoms with Crippen molar-refractivity contribution in [3.8, 4) is 0 Å². The standard InChI is InChI=1S/C4H6F2O/c1-2-3(5)4(6)7/h3H,2H2,1H3. The second-order valence-corrected chi connectivity index (χ2v) is 1.18. The highest BCUT2D eigenvalue weighted by molar-refractivity contribution is 5.72. The maximum Gasteiger partial charge on any atom is 0.335 e. The van der Waals surface area contributed by atoms with Gasteiger partial charge in [-0.3, -0.25) is 4.79 Å². The average Bonchev–Trinajstić information content (AvgIpc) is 1.65. The van der Waals surface area contributed by atoms with Gasteiger partial charge in [-0.1, -0.05) is 6.92 Å². The van der Waals surface area contributed by atoms with Crippen molar-refractivity contribution < 1.29 is 13.6 Å². The van der Waals surface area contributed by atoms with Crippen LogP contribution in [0.15, 0.2) is 0 Å². The molecule has 1 unspecified atom stereocenters. The van der Waals surface area contributed by atoms with Crippen LogP contribution in [0.4, 0.5) is 8.78 Å². The van der Waals surface area contributed by atoms with Crippen LogP contribution < -0.4 is 0 Å². The molecule has 0 rings (SSSR count). The Balaban J connectivity index is 3.34. The Morgan fingerprint density at radius 3 is 2.29 bits per heavy atom. The van der Waals surface area contributed by atoms with E-state index in [0.717, 1.165) is 0 Å². The van der Waals surface area contributed by atoms with Gasteiger partial charge in [0.05, 0.1) is 0 Å². The first-order valence-corrected chi connectivity index (χ1v) is 2.02. The maximum absolute atomic E-state index is 11.5. The highest BCUT2D eigenvalue weighted by Gasteiger charge is 2.11. The first-order valence-electron chi connectivity index (χ1n) is 2.02. The molecule has 0 fully saturated rings. The van der Waals surface area contributed by atoms with Crippen LogP contribution in [-0.4, -0.2) is 12.2 Å². The molecule has 0 N–H and O–H groups in total. The number of hydrogen-bond donors (Lipinski definition) is 0. The first kappa shape index (κ1) is 6.53. The number of rotatable bonds is 2. The monoisotopic (exact) mass is 108 g/mol. The van der Waals surface area contributed by atoms with E-state index in [1.165, 1.54) is 6.92 Å². The van der Waals surface area contributed by atoms with E-state index in [0.29, 0.717) is 0 Å². The van der Waals surface area contributed by atoms with E-state index in [4.69, 9.17) is 0 Å². The van der Waals surface area contributed by atoms with Gasteiger partial charge >= 0.3 is 6.04 Å². The molecule has 0 aromatic carbocycles. The van der Waals surface area contributed by atoms with E-state index >= 15 is 0 Å². The molecule has 3 heteroatoms. The third-order valence-electron chi connectivity index (χ3n) is 0.605. The lowest BCUT2D eigenvalue weighted by molar-refractivity contribution is -0.134. The van der Waals surface area contributed by atoms with Crippen molar-refractivity contribution in [3.05, 3.63) is 0 Å². The third-order valence-corrected chi connectivity index (χ3v) is 0.605. The van der Waals surface area contributed by atoms with E-state index in [1.54, 1.807) is 0 Å². The average molecular weight is 108 g/mol. The molecule has 1 nitrogen and oxygen atoms in total. The van der Waals surface area contributed by atoms with E-state index < -0.39 is 12.2 Å². The molecule has 0 spiro atoms. The van der Waals surface area contributed by atoms with E-state index in [1.807, 2.05) is 0 Å². The van der Waals surface area contributed by atoms with Crippen molar-refractivity contribution in [1.82, 2.24) is 0 Å². The molecule has 0 aliphatic carbocycles. The zero-order chi connectivity index (χ0) is 5.86. The summed E-state index contributed by atoms with van der Waals surface area (Å²) in [5, 5.41) is 0. The largest absolute Gasteiger partial charge is 0.335 e. The Bertz CT molecular complexity index is 72.1. The van der Waals surface area contributed by atoms with Crippen LogP contribution in [0, 0.1) is 0 Å². The molecule has 0 bridgehead atoms. The Labute approximate surface area is 40.3 Å². The predicted molar refractivity (Wildman–Crippen MR) is 21.3 cm³/mol. The van der Waals surface area contributed by atoms with Crippen LogP contribution in [0.1, 0.15) is 13.3 Å². The summed E-state index contributed by atoms with van der Waals surface area (Å²) in [6, 6.07) is -1.87. The number of hydrogen-bond acceptors (Lipinski definition) is 1. The SMILES string of the molecule is CCC(F)C(=O)F. The van der Waals surface area contributed by atoms with Gasteiger partial charge in [-0.25, -0.2) is 4.39 Å². The Morgan fingerprint density at radius 2 is 2.29 bits per heavy atom. The van der Waals surface area contributed by atoms with E-state index in [9.17, 15) is 13.6 Å². The molecule has 0 radical (unpaired) electrons. The summed E-state index contributed by atoms with van der Waals surface area (Å²) in [5.74, 6) is 0. The molecule has 7 heavy (non-hydrogen) atoms. The summed E-state index contributed by atoms with van der Waals surface area (Å²) in [6.07, 6.45) is -1.98. The fraction of sp³-hybridized carbons (Fsp3) is 0.750. The highest BCUT2D eigenvalue weighted by atomic mass is 19.2. The van der Waals surface area contributed by atoms with Gasteiger partial charge in [0.2, 0.25) is 0 Å². The lowest BCUT2D eigenvalue weighted by Crippen LogP contribution is -2.06.